The van der Waals surface area contributed by atoms with E-state index in [4.69, 9.17) is 9.47 Å². The highest BCUT2D eigenvalue weighted by molar-refractivity contribution is 7.95. The quantitative estimate of drug-likeness (QED) is 0.0790. The molecule has 0 amide bonds. The zero-order chi connectivity index (χ0) is 42.6. The van der Waals surface area contributed by atoms with Crippen molar-refractivity contribution in [3.05, 3.63) is 103 Å². The highest BCUT2D eigenvalue weighted by Gasteiger charge is 2.72. The molecule has 0 bridgehead atoms. The molecule has 3 aromatic rings. The monoisotopic (exact) mass is 830 g/mol. The van der Waals surface area contributed by atoms with Gasteiger partial charge in [-0.25, -0.2) is 0 Å². The van der Waals surface area contributed by atoms with Crippen molar-refractivity contribution in [2.75, 3.05) is 12.8 Å². The fourth-order valence-corrected chi connectivity index (χ4v) is 20.1. The molecule has 8 rings (SSSR count). The summed E-state index contributed by atoms with van der Waals surface area (Å²) in [4.78, 5) is 27.8. The van der Waals surface area contributed by atoms with Gasteiger partial charge in [0, 0.05) is 11.8 Å². The molecule has 0 spiro atoms. The van der Waals surface area contributed by atoms with Gasteiger partial charge in [-0.15, -0.1) is 0 Å². The number of carbonyl (C=O) groups excluding carboxylic acids is 2. The fraction of sp³-hybridized carbons (Fsp3) is 0.600. The van der Waals surface area contributed by atoms with Gasteiger partial charge in [0.2, 0.25) is 0 Å². The molecule has 0 unspecified atom stereocenters. The predicted molar refractivity (Wildman–Crippen MR) is 249 cm³/mol. The number of benzene rings is 3. The summed E-state index contributed by atoms with van der Waals surface area (Å²) in [5.41, 5.74) is 1.35. The van der Waals surface area contributed by atoms with Gasteiger partial charge in [0.15, 0.2) is 0 Å². The number of esters is 2. The number of ether oxygens (including phenoxy) is 2. The van der Waals surface area contributed by atoms with Crippen LogP contribution in [0.15, 0.2) is 103 Å². The van der Waals surface area contributed by atoms with Gasteiger partial charge >= 0.3 is 11.9 Å². The third-order valence-electron chi connectivity index (χ3n) is 18.7. The lowest BCUT2D eigenvalue weighted by atomic mass is 9.32. The van der Waals surface area contributed by atoms with Crippen LogP contribution >= 0.6 is 7.26 Å². The lowest BCUT2D eigenvalue weighted by Crippen LogP contribution is -2.67. The molecular weight excluding hydrogens is 756 g/mol. The Morgan fingerprint density at radius 2 is 1.28 bits per heavy atom. The Balaban J connectivity index is 0.957. The first-order valence-electron chi connectivity index (χ1n) is 23.8. The van der Waals surface area contributed by atoms with Crippen molar-refractivity contribution in [1.29, 1.82) is 0 Å². The molecule has 0 N–H and O–H groups in total. The van der Waals surface area contributed by atoms with Gasteiger partial charge in [-0.3, -0.25) is 9.59 Å². The highest BCUT2D eigenvalue weighted by Crippen LogP contribution is 2.77. The van der Waals surface area contributed by atoms with Gasteiger partial charge in [-0.1, -0.05) is 101 Å². The fourth-order valence-electron chi connectivity index (χ4n) is 15.7. The van der Waals surface area contributed by atoms with Crippen molar-refractivity contribution in [2.24, 2.45) is 56.7 Å². The molecule has 0 saturated heterocycles. The minimum Gasteiger partial charge on any atom is -0.466 e. The van der Waals surface area contributed by atoms with Crippen molar-refractivity contribution in [3.8, 4) is 0 Å². The molecule has 0 aromatic heterocycles. The molecule has 5 fully saturated rings. The normalized spacial score (nSPS) is 35.5. The van der Waals surface area contributed by atoms with Crippen LogP contribution in [0.3, 0.4) is 0 Å². The van der Waals surface area contributed by atoms with E-state index < -0.39 is 7.26 Å². The first-order valence-corrected chi connectivity index (χ1v) is 25.7. The summed E-state index contributed by atoms with van der Waals surface area (Å²) in [6.07, 6.45) is 14.1. The second-order valence-electron chi connectivity index (χ2n) is 21.4. The summed E-state index contributed by atoms with van der Waals surface area (Å²) in [6.45, 7) is 21.9. The Morgan fingerprint density at radius 1 is 0.683 bits per heavy atom. The Labute approximate surface area is 363 Å². The average Bonchev–Trinajstić information content (AvgIpc) is 3.65. The second-order valence-corrected chi connectivity index (χ2v) is 25.0. The first kappa shape index (κ1) is 43.4. The maximum absolute atomic E-state index is 13.9. The van der Waals surface area contributed by atoms with E-state index in [-0.39, 0.29) is 45.1 Å². The molecular formula is C55H74O4P+. The van der Waals surface area contributed by atoms with Crippen molar-refractivity contribution < 1.29 is 19.1 Å². The van der Waals surface area contributed by atoms with E-state index in [1.807, 2.05) is 6.92 Å². The van der Waals surface area contributed by atoms with Crippen LogP contribution in [0.2, 0.25) is 0 Å². The second kappa shape index (κ2) is 16.5. The van der Waals surface area contributed by atoms with E-state index in [9.17, 15) is 9.59 Å². The van der Waals surface area contributed by atoms with Gasteiger partial charge in [-0.2, -0.15) is 0 Å². The van der Waals surface area contributed by atoms with E-state index >= 15 is 0 Å². The molecule has 60 heavy (non-hydrogen) atoms. The largest absolute Gasteiger partial charge is 0.466 e. The summed E-state index contributed by atoms with van der Waals surface area (Å²) >= 11 is 0. The number of carbonyl (C=O) groups is 2. The van der Waals surface area contributed by atoms with Gasteiger partial charge < -0.3 is 9.47 Å². The third kappa shape index (κ3) is 6.78. The molecule has 10 atom stereocenters. The standard InChI is InChI=1S/C55H74O4P/c1-9-58-50(57)55-35-30-43(39(2)3)49(55)44-28-29-46-52(6)33-32-47(51(4,5)45(52)31-34-54(46,8)53(44,7)36-37-55)59-48(56)27-19-20-38-60(40-21-13-10-14-22-40,41-23-15-11-16-24-41)42-25-17-12-18-26-42/h10-18,21-26,43-47,49H,2,9,19-20,27-38H2,1,3-8H3/q+1/t43-,44+,45-,46+,47-,49+,52-,53+,54+,55-/m0/s1. The molecule has 5 aliphatic carbocycles. The third-order valence-corrected chi connectivity index (χ3v) is 23.2. The molecule has 5 saturated carbocycles. The summed E-state index contributed by atoms with van der Waals surface area (Å²) in [6, 6.07) is 33.2. The van der Waals surface area contributed by atoms with Gasteiger partial charge in [0.05, 0.1) is 18.2 Å². The molecule has 4 nitrogen and oxygen atoms in total. The minimum atomic E-state index is -1.93. The smallest absolute Gasteiger partial charge is 0.312 e. The maximum atomic E-state index is 13.9. The van der Waals surface area contributed by atoms with Crippen molar-refractivity contribution in [3.63, 3.8) is 0 Å². The van der Waals surface area contributed by atoms with Crippen molar-refractivity contribution >= 4 is 35.1 Å². The van der Waals surface area contributed by atoms with Crippen molar-refractivity contribution in [2.45, 2.75) is 138 Å². The van der Waals surface area contributed by atoms with Gasteiger partial charge in [0.1, 0.15) is 29.3 Å². The van der Waals surface area contributed by atoms with Crippen LogP contribution in [-0.2, 0) is 19.1 Å². The SMILES string of the molecule is C=C(C)[C@@H]1CC[C@]2(C(=O)OCC)CC[C@]3(C)[C@H](CC[C@@H]4[C@@]5(C)CC[C@H](OC(=O)CCCC[P+](c6ccccc6)(c6ccccc6)c6ccccc6)C(C)(C)[C@@H]5CC[C@]43C)[C@@H]12. The molecule has 0 radical (unpaired) electrons. The zero-order valence-corrected chi connectivity index (χ0v) is 38.9. The lowest BCUT2D eigenvalue weighted by molar-refractivity contribution is -0.251. The number of hydrogen-bond donors (Lipinski definition) is 0. The molecule has 0 heterocycles. The van der Waals surface area contributed by atoms with Crippen LogP contribution in [0.5, 0.6) is 0 Å². The molecule has 5 heteroatoms. The highest BCUT2D eigenvalue weighted by atomic mass is 31.2. The van der Waals surface area contributed by atoms with Crippen LogP contribution < -0.4 is 15.9 Å². The number of unbranched alkanes of at least 4 members (excludes halogenated alkanes) is 1. The number of fused-ring (bicyclic) bond motifs is 7. The molecule has 5 aliphatic rings. The zero-order valence-electron chi connectivity index (χ0n) is 38.0. The van der Waals surface area contributed by atoms with Crippen molar-refractivity contribution in [1.82, 2.24) is 0 Å². The van der Waals surface area contributed by atoms with Crippen LogP contribution in [0.1, 0.15) is 132 Å². The molecule has 0 aliphatic heterocycles. The first-order chi connectivity index (χ1) is 28.7. The summed E-state index contributed by atoms with van der Waals surface area (Å²) in [5.74, 6) is 2.39. The van der Waals surface area contributed by atoms with E-state index in [1.54, 1.807) is 0 Å². The maximum Gasteiger partial charge on any atom is 0.312 e. The van der Waals surface area contributed by atoms with E-state index in [2.05, 4.69) is 139 Å². The topological polar surface area (TPSA) is 52.6 Å². The average molecular weight is 830 g/mol. The van der Waals surface area contributed by atoms with Crippen LogP contribution in [0, 0.1) is 56.7 Å². The van der Waals surface area contributed by atoms with Crippen LogP contribution in [0.4, 0.5) is 0 Å². The Hall–Kier alpha value is -3.23. The molecule has 3 aromatic carbocycles. The Morgan fingerprint density at radius 3 is 1.85 bits per heavy atom. The van der Waals surface area contributed by atoms with E-state index in [0.29, 0.717) is 42.6 Å². The number of rotatable bonds is 12. The predicted octanol–water partition coefficient (Wildman–Crippen LogP) is 12.3. The Bertz CT molecular complexity index is 1910. The summed E-state index contributed by atoms with van der Waals surface area (Å²) < 4.78 is 12.5. The molecule has 322 valence electrons. The van der Waals surface area contributed by atoms with E-state index in [1.165, 1.54) is 47.2 Å². The summed E-state index contributed by atoms with van der Waals surface area (Å²) in [5, 5.41) is 4.18. The minimum absolute atomic E-state index is 0.0238. The van der Waals surface area contributed by atoms with E-state index in [0.717, 1.165) is 57.5 Å². The number of hydrogen-bond acceptors (Lipinski definition) is 4. The van der Waals surface area contributed by atoms with Crippen LogP contribution in [-0.4, -0.2) is 30.8 Å². The van der Waals surface area contributed by atoms with Gasteiger partial charge in [-0.05, 0) is 173 Å². The Kier molecular flexibility index (Phi) is 11.9. The van der Waals surface area contributed by atoms with Crippen LogP contribution in [0.25, 0.3) is 0 Å². The van der Waals surface area contributed by atoms with Gasteiger partial charge in [0.25, 0.3) is 0 Å². The number of allylic oxidation sites excluding steroid dienone is 1. The summed E-state index contributed by atoms with van der Waals surface area (Å²) in [7, 11) is -1.93. The lowest BCUT2D eigenvalue weighted by Gasteiger charge is -2.72.